The number of carbonyl (C=O) groups is 2. The third-order valence-corrected chi connectivity index (χ3v) is 2.81. The number of amides is 2. The van der Waals surface area contributed by atoms with Crippen molar-refractivity contribution >= 4 is 24.2 Å². The molecule has 1 atom stereocenters. The molecule has 0 aromatic heterocycles. The van der Waals surface area contributed by atoms with Crippen molar-refractivity contribution < 1.29 is 18.4 Å². The highest BCUT2D eigenvalue weighted by Gasteiger charge is 2.27. The number of hydrogen-bond donors (Lipinski definition) is 3. The van der Waals surface area contributed by atoms with Crippen LogP contribution in [0, 0.1) is 0 Å². The molecular weight excluding hydrogens is 316 g/mol. The number of carbonyl (C=O) groups excluding carboxylic acids is 2. The van der Waals surface area contributed by atoms with Crippen LogP contribution < -0.4 is 16.4 Å². The van der Waals surface area contributed by atoms with Crippen LogP contribution in [0.5, 0.6) is 0 Å². The smallest absolute Gasteiger partial charge is 0.277 e. The van der Waals surface area contributed by atoms with Crippen molar-refractivity contribution in [3.05, 3.63) is 35.9 Å². The Kier molecular flexibility index (Phi) is 8.59. The second-order valence-corrected chi connectivity index (χ2v) is 4.70. The molecule has 4 N–H and O–H groups in total. The molecule has 1 aromatic carbocycles. The van der Waals surface area contributed by atoms with Crippen molar-refractivity contribution in [1.29, 1.82) is 0 Å². The number of nitrogens with one attached hydrogen (secondary N) is 2. The lowest BCUT2D eigenvalue weighted by Gasteiger charge is -2.19. The summed E-state index contributed by atoms with van der Waals surface area (Å²) in [6, 6.07) is 8.28. The summed E-state index contributed by atoms with van der Waals surface area (Å²) in [5.41, 5.74) is 5.62. The molecule has 0 aliphatic carbocycles. The van der Waals surface area contributed by atoms with Crippen molar-refractivity contribution in [3.63, 3.8) is 0 Å². The third kappa shape index (κ3) is 7.33. The van der Waals surface area contributed by atoms with Crippen LogP contribution in [-0.4, -0.2) is 30.8 Å². The first-order valence-corrected chi connectivity index (χ1v) is 6.50. The summed E-state index contributed by atoms with van der Waals surface area (Å²) in [6.45, 7) is -0.318. The zero-order chi connectivity index (χ0) is 15.9. The van der Waals surface area contributed by atoms with Gasteiger partial charge in [-0.2, -0.15) is 0 Å². The molecule has 0 saturated heterocycles. The molecule has 0 spiro atoms. The largest absolute Gasteiger partial charge is 0.350 e. The van der Waals surface area contributed by atoms with Crippen LogP contribution in [0.4, 0.5) is 8.78 Å². The molecule has 0 aliphatic heterocycles. The number of hydrogen-bond acceptors (Lipinski definition) is 3. The molecule has 0 heterocycles. The summed E-state index contributed by atoms with van der Waals surface area (Å²) in [6.07, 6.45) is -0.121. The Bertz CT molecular complexity index is 486. The second kappa shape index (κ2) is 9.32. The highest BCUT2D eigenvalue weighted by Crippen LogP contribution is 2.17. The lowest BCUT2D eigenvalue weighted by molar-refractivity contribution is -0.124. The Balaban J connectivity index is 0.00000441. The molecule has 0 fully saturated rings. The van der Waals surface area contributed by atoms with Crippen LogP contribution in [0.3, 0.4) is 0 Å². The van der Waals surface area contributed by atoms with Gasteiger partial charge in [-0.1, -0.05) is 30.3 Å². The van der Waals surface area contributed by atoms with Gasteiger partial charge in [0.05, 0.1) is 25.6 Å². The van der Waals surface area contributed by atoms with Crippen molar-refractivity contribution in [2.75, 3.05) is 13.1 Å². The van der Waals surface area contributed by atoms with Crippen LogP contribution in [0.25, 0.3) is 0 Å². The normalized spacial score (nSPS) is 12.0. The molecule has 1 aromatic rings. The van der Waals surface area contributed by atoms with E-state index in [9.17, 15) is 18.4 Å². The molecule has 8 heteroatoms. The number of nitrogens with two attached hydrogens (primary N) is 1. The minimum atomic E-state index is -3.13. The van der Waals surface area contributed by atoms with Gasteiger partial charge < -0.3 is 16.4 Å². The van der Waals surface area contributed by atoms with Crippen molar-refractivity contribution in [1.82, 2.24) is 10.6 Å². The topological polar surface area (TPSA) is 84.2 Å². The molecule has 22 heavy (non-hydrogen) atoms. The zero-order valence-electron chi connectivity index (χ0n) is 12.1. The average Bonchev–Trinajstić information content (AvgIpc) is 2.45. The maximum Gasteiger partial charge on any atom is 0.277 e. The summed E-state index contributed by atoms with van der Waals surface area (Å²) in [5, 5.41) is 4.75. The van der Waals surface area contributed by atoms with Crippen molar-refractivity contribution in [3.8, 4) is 0 Å². The maximum atomic E-state index is 13.0. The second-order valence-electron chi connectivity index (χ2n) is 4.70. The summed E-state index contributed by atoms with van der Waals surface area (Å²) >= 11 is 0. The predicted molar refractivity (Wildman–Crippen MR) is 81.9 cm³/mol. The van der Waals surface area contributed by atoms with E-state index in [1.165, 1.54) is 6.92 Å². The molecule has 0 saturated carbocycles. The number of benzene rings is 1. The van der Waals surface area contributed by atoms with Gasteiger partial charge in [0.2, 0.25) is 11.8 Å². The maximum absolute atomic E-state index is 13.0. The van der Waals surface area contributed by atoms with Gasteiger partial charge in [0, 0.05) is 6.92 Å². The molecule has 5 nitrogen and oxygen atoms in total. The minimum absolute atomic E-state index is 0. The Morgan fingerprint density at radius 3 is 2.36 bits per heavy atom. The van der Waals surface area contributed by atoms with Gasteiger partial charge >= 0.3 is 0 Å². The van der Waals surface area contributed by atoms with Gasteiger partial charge in [0.1, 0.15) is 0 Å². The van der Waals surface area contributed by atoms with Gasteiger partial charge in [-0.15, -0.1) is 12.4 Å². The Labute approximate surface area is 134 Å². The van der Waals surface area contributed by atoms with E-state index in [0.29, 0.717) is 0 Å². The quantitative estimate of drug-likeness (QED) is 0.704. The molecule has 1 unspecified atom stereocenters. The Morgan fingerprint density at radius 1 is 1.27 bits per heavy atom. The first kappa shape index (κ1) is 20.3. The molecule has 2 amide bonds. The van der Waals surface area contributed by atoms with Gasteiger partial charge in [-0.3, -0.25) is 9.59 Å². The zero-order valence-corrected chi connectivity index (χ0v) is 13.0. The molecule has 0 bridgehead atoms. The highest BCUT2D eigenvalue weighted by atomic mass is 35.5. The Hall–Kier alpha value is -1.73. The van der Waals surface area contributed by atoms with Gasteiger partial charge in [-0.05, 0) is 5.56 Å². The summed E-state index contributed by atoms with van der Waals surface area (Å²) in [5.74, 6) is -4.01. The molecule has 124 valence electrons. The van der Waals surface area contributed by atoms with Crippen LogP contribution in [0.2, 0.25) is 0 Å². The number of rotatable bonds is 7. The fourth-order valence-electron chi connectivity index (χ4n) is 1.74. The minimum Gasteiger partial charge on any atom is -0.350 e. The Morgan fingerprint density at radius 2 is 1.86 bits per heavy atom. The predicted octanol–water partition coefficient (Wildman–Crippen LogP) is 1.39. The van der Waals surface area contributed by atoms with Gasteiger partial charge in [0.25, 0.3) is 5.92 Å². The average molecular weight is 336 g/mol. The van der Waals surface area contributed by atoms with E-state index in [2.05, 4.69) is 10.6 Å². The van der Waals surface area contributed by atoms with Gasteiger partial charge in [-0.25, -0.2) is 8.78 Å². The standard InChI is InChI=1S/C14H19F2N3O2.ClH/c1-10(20)19-12(11-5-3-2-4-6-11)7-13(21)18-9-14(15,16)8-17;/h2-6,12H,7-9,17H2,1H3,(H,18,21)(H,19,20);1H. The first-order valence-electron chi connectivity index (χ1n) is 6.50. The van der Waals surface area contributed by atoms with Crippen LogP contribution >= 0.6 is 12.4 Å². The first-order chi connectivity index (χ1) is 9.84. The van der Waals surface area contributed by atoms with Crippen LogP contribution in [-0.2, 0) is 9.59 Å². The van der Waals surface area contributed by atoms with Crippen LogP contribution in [0.15, 0.2) is 30.3 Å². The third-order valence-electron chi connectivity index (χ3n) is 2.81. The lowest BCUT2D eigenvalue weighted by atomic mass is 10.0. The highest BCUT2D eigenvalue weighted by molar-refractivity contribution is 5.85. The van der Waals surface area contributed by atoms with E-state index in [1.807, 2.05) is 0 Å². The van der Waals surface area contributed by atoms with Crippen molar-refractivity contribution in [2.24, 2.45) is 5.73 Å². The van der Waals surface area contributed by atoms with E-state index in [0.717, 1.165) is 5.56 Å². The van der Waals surface area contributed by atoms with E-state index in [-0.39, 0.29) is 24.7 Å². The molecule has 0 radical (unpaired) electrons. The summed E-state index contributed by atoms with van der Waals surface area (Å²) in [4.78, 5) is 22.9. The van der Waals surface area contributed by atoms with E-state index < -0.39 is 31.0 Å². The number of halogens is 3. The summed E-state index contributed by atoms with van der Waals surface area (Å²) in [7, 11) is 0. The van der Waals surface area contributed by atoms with E-state index >= 15 is 0 Å². The van der Waals surface area contributed by atoms with Crippen LogP contribution in [0.1, 0.15) is 24.9 Å². The van der Waals surface area contributed by atoms with Crippen molar-refractivity contribution in [2.45, 2.75) is 25.3 Å². The molecule has 1 rings (SSSR count). The fraction of sp³-hybridized carbons (Fsp3) is 0.429. The summed E-state index contributed by atoms with van der Waals surface area (Å²) < 4.78 is 25.9. The molecule has 0 aliphatic rings. The lowest BCUT2D eigenvalue weighted by Crippen LogP contribution is -2.42. The van der Waals surface area contributed by atoms with E-state index in [1.54, 1.807) is 30.3 Å². The number of alkyl halides is 2. The van der Waals surface area contributed by atoms with E-state index in [4.69, 9.17) is 5.73 Å². The molecular formula is C14H20ClF2N3O2. The monoisotopic (exact) mass is 335 g/mol. The SMILES string of the molecule is CC(=O)NC(CC(=O)NCC(F)(F)CN)c1ccccc1.Cl. The van der Waals surface area contributed by atoms with Gasteiger partial charge in [0.15, 0.2) is 0 Å². The fourth-order valence-corrected chi connectivity index (χ4v) is 1.74.